The van der Waals surface area contributed by atoms with Crippen molar-refractivity contribution in [1.29, 1.82) is 0 Å². The lowest BCUT2D eigenvalue weighted by Gasteiger charge is -2.10. The molecular formula is C70H98Cl2N14O16. The van der Waals surface area contributed by atoms with Gasteiger partial charge in [0, 0.05) is 104 Å². The van der Waals surface area contributed by atoms with E-state index in [9.17, 15) is 19.2 Å². The van der Waals surface area contributed by atoms with Crippen molar-refractivity contribution in [3.63, 3.8) is 0 Å². The van der Waals surface area contributed by atoms with E-state index in [4.69, 9.17) is 103 Å². The van der Waals surface area contributed by atoms with Crippen molar-refractivity contribution in [2.75, 3.05) is 172 Å². The Balaban J connectivity index is 0.592. The highest BCUT2D eigenvalue weighted by atomic mass is 35.5. The molecule has 0 saturated carbocycles. The third-order valence-corrected chi connectivity index (χ3v) is 14.9. The van der Waals surface area contributed by atoms with Gasteiger partial charge in [0.15, 0.2) is 11.9 Å². The minimum atomic E-state index is -0.320. The number of halogens is 2. The van der Waals surface area contributed by atoms with E-state index in [1.54, 1.807) is 36.4 Å². The number of benzene rings is 4. The average Bonchev–Trinajstić information content (AvgIpc) is 0.794. The predicted octanol–water partition coefficient (Wildman–Crippen LogP) is 7.29. The number of nitrogens with zero attached hydrogens (tertiary/aromatic N) is 6. The van der Waals surface area contributed by atoms with Gasteiger partial charge in [-0.25, -0.2) is 29.5 Å². The first kappa shape index (κ1) is 82.7. The zero-order valence-electron chi connectivity index (χ0n) is 57.8. The molecule has 558 valence electrons. The number of Topliss-reactive ketones (excluding diaryl/α,β-unsaturated/α-hetero) is 2. The van der Waals surface area contributed by atoms with Crippen LogP contribution in [0.25, 0.3) is 44.3 Å². The Morgan fingerprint density at radius 3 is 1.01 bits per heavy atom. The average molecular weight is 1460 g/mol. The van der Waals surface area contributed by atoms with Gasteiger partial charge in [0.1, 0.15) is 36.3 Å². The summed E-state index contributed by atoms with van der Waals surface area (Å²) in [7, 11) is 0. The number of aromatic nitrogens is 4. The second-order valence-electron chi connectivity index (χ2n) is 22.6. The Morgan fingerprint density at radius 2 is 0.657 bits per heavy atom. The van der Waals surface area contributed by atoms with Gasteiger partial charge in [-0.1, -0.05) is 29.6 Å². The van der Waals surface area contributed by atoms with Crippen molar-refractivity contribution < 1.29 is 76.0 Å². The number of unbranched alkanes of at least 4 members (excludes halogenated alkanes) is 2. The largest absolute Gasteiger partial charge is 0.491 e. The highest BCUT2D eigenvalue weighted by Crippen LogP contribution is 2.33. The number of guanidine groups is 2. The summed E-state index contributed by atoms with van der Waals surface area (Å²) in [6.07, 6.45) is 6.09. The molecule has 12 N–H and O–H groups in total. The van der Waals surface area contributed by atoms with Crippen LogP contribution < -0.4 is 53.7 Å². The number of hydrogen-bond acceptors (Lipinski definition) is 22. The Kier molecular flexibility index (Phi) is 41.4. The van der Waals surface area contributed by atoms with Gasteiger partial charge in [-0.05, 0) is 117 Å². The normalized spacial score (nSPS) is 11.2. The number of hydrogen-bond donors (Lipinski definition) is 8. The maximum Gasteiger partial charge on any atom is 0.314 e. The lowest BCUT2D eigenvalue weighted by molar-refractivity contribution is -0.120. The Morgan fingerprint density at radius 1 is 0.343 bits per heavy atom. The fraction of sp³-hybridized carbons (Fsp3) is 0.514. The first-order valence-corrected chi connectivity index (χ1v) is 35.0. The summed E-state index contributed by atoms with van der Waals surface area (Å²) in [6, 6.07) is 25.0. The smallest absolute Gasteiger partial charge is 0.314 e. The maximum atomic E-state index is 12.3. The molecule has 0 aliphatic carbocycles. The van der Waals surface area contributed by atoms with Crippen molar-refractivity contribution in [2.24, 2.45) is 32.9 Å². The molecule has 0 bridgehead atoms. The van der Waals surface area contributed by atoms with Gasteiger partial charge in [0.05, 0.1) is 135 Å². The van der Waals surface area contributed by atoms with E-state index >= 15 is 0 Å². The molecule has 32 heteroatoms. The molecule has 2 aromatic heterocycles. The molecule has 4 amide bonds. The molecule has 4 aromatic carbocycles. The Hall–Kier alpha value is -8.24. The van der Waals surface area contributed by atoms with Crippen LogP contribution in [0.5, 0.6) is 11.5 Å². The van der Waals surface area contributed by atoms with Crippen LogP contribution in [-0.2, 0) is 57.0 Å². The van der Waals surface area contributed by atoms with Crippen LogP contribution in [0.2, 0.25) is 10.0 Å². The quantitative estimate of drug-likeness (QED) is 0.0106. The number of rotatable bonds is 57. The molecule has 0 atom stereocenters. The molecule has 30 nitrogen and oxygen atoms in total. The summed E-state index contributed by atoms with van der Waals surface area (Å²) < 4.78 is 67.4. The number of carbonyl (C=O) groups excluding carboxylic acids is 4. The number of fused-ring (bicyclic) bond motifs is 2. The molecule has 0 fully saturated rings. The minimum Gasteiger partial charge on any atom is -0.491 e. The van der Waals surface area contributed by atoms with E-state index in [1.807, 2.05) is 48.5 Å². The lowest BCUT2D eigenvalue weighted by atomic mass is 10.1. The van der Waals surface area contributed by atoms with Gasteiger partial charge in [0.25, 0.3) is 11.9 Å². The number of aliphatic imine (C=N–C) groups is 2. The summed E-state index contributed by atoms with van der Waals surface area (Å²) >= 11 is 12.5. The van der Waals surface area contributed by atoms with Crippen molar-refractivity contribution in [2.45, 2.75) is 64.2 Å². The molecule has 0 aliphatic rings. The van der Waals surface area contributed by atoms with Crippen LogP contribution in [0.4, 0.5) is 21.5 Å². The first-order chi connectivity index (χ1) is 49.8. The van der Waals surface area contributed by atoms with Crippen LogP contribution in [0.3, 0.4) is 0 Å². The van der Waals surface area contributed by atoms with Gasteiger partial charge in [-0.3, -0.25) is 9.59 Å². The fourth-order valence-corrected chi connectivity index (χ4v) is 9.90. The van der Waals surface area contributed by atoms with E-state index in [0.29, 0.717) is 260 Å². The number of nitrogens with two attached hydrogens (primary N) is 4. The van der Waals surface area contributed by atoms with Gasteiger partial charge < -0.3 is 101 Å². The molecule has 0 radical (unpaired) electrons. The Bertz CT molecular complexity index is 3240. The van der Waals surface area contributed by atoms with Crippen LogP contribution in [0, 0.1) is 0 Å². The SMILES string of the molecule is NC(N)=Nc1nc(-c2ccc(OCCOCCOCCOCCCC(=O)CCCOCCOCCNC(=O)NCCCCCC(=O)CCCOCCOCCNC(=O)NCCOCCOCCOCCOc3ccc(-c4nc(N=C(N)N)nc5ccc(Cl)cc45)cc3)cc2)c2cc(Cl)ccc2n1. The number of nitrogens with one attached hydrogen (secondary N) is 4. The number of ketones is 2. The highest BCUT2D eigenvalue weighted by Gasteiger charge is 2.15. The lowest BCUT2D eigenvalue weighted by Crippen LogP contribution is -2.39. The van der Waals surface area contributed by atoms with Crippen LogP contribution in [0.1, 0.15) is 64.2 Å². The van der Waals surface area contributed by atoms with E-state index < -0.39 is 0 Å². The van der Waals surface area contributed by atoms with Crippen LogP contribution >= 0.6 is 23.2 Å². The highest BCUT2D eigenvalue weighted by molar-refractivity contribution is 6.31. The van der Waals surface area contributed by atoms with Crippen molar-refractivity contribution in [1.82, 2.24) is 41.2 Å². The van der Waals surface area contributed by atoms with Gasteiger partial charge in [-0.15, -0.1) is 0 Å². The minimum absolute atomic E-state index is 0.140. The summed E-state index contributed by atoms with van der Waals surface area (Å²) in [5.41, 5.74) is 26.4. The van der Waals surface area contributed by atoms with E-state index in [-0.39, 0.29) is 47.4 Å². The summed E-state index contributed by atoms with van der Waals surface area (Å²) in [4.78, 5) is 74.6. The van der Waals surface area contributed by atoms with Crippen molar-refractivity contribution >= 4 is 92.5 Å². The molecule has 0 spiro atoms. The molecule has 6 rings (SSSR count). The molecule has 0 unspecified atom stereocenters. The summed E-state index contributed by atoms with van der Waals surface area (Å²) in [6.45, 7) is 10.2. The predicted molar refractivity (Wildman–Crippen MR) is 389 cm³/mol. The van der Waals surface area contributed by atoms with Gasteiger partial charge in [0.2, 0.25) is 0 Å². The molecule has 0 aliphatic heterocycles. The standard InChI is InChI=1S/C70H98Cl2N14O16/c71-53-15-21-61-59(49-53)63(83-67(81-61)85-65(73)74)51-11-17-57(18-12-51)101-47-45-99-43-41-97-39-35-93-29-6-10-56(88)9-5-28-92-34-36-94-30-24-78-69(89)77-23-3-1-2-7-55(87)8-4-27-91-33-37-95-31-25-79-70(90)80-26-32-96-38-40-98-42-44-100-46-48-102-58-19-13-52(14-20-58)64-60-50-54(72)16-22-62(60)82-68(84-64)86-66(75)76/h11-22,49-50H,1-10,23-48H2,(H2,77,78,89)(H2,79,80,90)(H4,73,74,81,83,85)(H4,75,76,82,84,86). The summed E-state index contributed by atoms with van der Waals surface area (Å²) in [5.74, 6) is 1.71. The summed E-state index contributed by atoms with van der Waals surface area (Å²) in [5, 5.41) is 13.7. The Labute approximate surface area is 604 Å². The zero-order chi connectivity index (χ0) is 72.5. The van der Waals surface area contributed by atoms with E-state index in [1.165, 1.54) is 0 Å². The molecule has 0 saturated heterocycles. The maximum absolute atomic E-state index is 12.3. The number of ether oxygens (including phenoxy) is 12. The third-order valence-electron chi connectivity index (χ3n) is 14.5. The monoisotopic (exact) mass is 1460 g/mol. The molecule has 2 heterocycles. The topological polar surface area (TPSA) is 408 Å². The number of carbonyl (C=O) groups is 4. The second kappa shape index (κ2) is 51.0. The second-order valence-corrected chi connectivity index (χ2v) is 23.4. The number of amides is 4. The number of urea groups is 2. The first-order valence-electron chi connectivity index (χ1n) is 34.2. The molecule has 102 heavy (non-hydrogen) atoms. The van der Waals surface area contributed by atoms with Gasteiger partial charge in [-0.2, -0.15) is 9.98 Å². The molecular weight excluding hydrogens is 1360 g/mol. The fourth-order valence-electron chi connectivity index (χ4n) is 9.56. The third kappa shape index (κ3) is 36.1. The zero-order valence-corrected chi connectivity index (χ0v) is 59.3. The molecule has 6 aromatic rings. The van der Waals surface area contributed by atoms with Crippen molar-refractivity contribution in [3.8, 4) is 34.0 Å². The van der Waals surface area contributed by atoms with Crippen LogP contribution in [-0.4, -0.2) is 227 Å². The van der Waals surface area contributed by atoms with Crippen LogP contribution in [0.15, 0.2) is 94.9 Å². The van der Waals surface area contributed by atoms with E-state index in [2.05, 4.69) is 51.2 Å². The van der Waals surface area contributed by atoms with Gasteiger partial charge >= 0.3 is 12.1 Å². The van der Waals surface area contributed by atoms with E-state index in [0.717, 1.165) is 41.2 Å². The van der Waals surface area contributed by atoms with Crippen molar-refractivity contribution in [3.05, 3.63) is 95.0 Å².